The van der Waals surface area contributed by atoms with Gasteiger partial charge < -0.3 is 10.1 Å². The first-order valence-corrected chi connectivity index (χ1v) is 11.1. The molecule has 7 nitrogen and oxygen atoms in total. The zero-order valence-corrected chi connectivity index (χ0v) is 18.0. The number of benzene rings is 2. The van der Waals surface area contributed by atoms with Crippen LogP contribution in [0, 0.1) is 11.6 Å². The quantitative estimate of drug-likeness (QED) is 0.557. The number of rotatable bonds is 10. The van der Waals surface area contributed by atoms with E-state index in [0.29, 0.717) is 13.1 Å². The minimum absolute atomic E-state index is 0.0379. The van der Waals surface area contributed by atoms with Crippen LogP contribution in [0.4, 0.5) is 14.5 Å². The van der Waals surface area contributed by atoms with Gasteiger partial charge in [-0.15, -0.1) is 0 Å². The highest BCUT2D eigenvalue weighted by molar-refractivity contribution is 7.89. The predicted molar refractivity (Wildman–Crippen MR) is 111 cm³/mol. The number of esters is 1. The zero-order valence-electron chi connectivity index (χ0n) is 17.2. The molecule has 0 aromatic heterocycles. The Kier molecular flexibility index (Phi) is 8.64. The fourth-order valence-electron chi connectivity index (χ4n) is 2.78. The van der Waals surface area contributed by atoms with Crippen LogP contribution in [0.25, 0.3) is 0 Å². The van der Waals surface area contributed by atoms with E-state index in [4.69, 9.17) is 4.74 Å². The Hall–Kier alpha value is -2.85. The van der Waals surface area contributed by atoms with Crippen molar-refractivity contribution in [2.24, 2.45) is 0 Å². The van der Waals surface area contributed by atoms with Crippen molar-refractivity contribution in [1.29, 1.82) is 0 Å². The second-order valence-electron chi connectivity index (χ2n) is 6.57. The van der Waals surface area contributed by atoms with Crippen LogP contribution in [-0.4, -0.2) is 44.3 Å². The zero-order chi connectivity index (χ0) is 23.0. The van der Waals surface area contributed by atoms with E-state index in [1.807, 2.05) is 0 Å². The van der Waals surface area contributed by atoms with Crippen LogP contribution in [0.5, 0.6) is 0 Å². The van der Waals surface area contributed by atoms with Gasteiger partial charge in [-0.1, -0.05) is 26.0 Å². The molecule has 0 heterocycles. The van der Waals surface area contributed by atoms with E-state index in [-0.39, 0.29) is 23.4 Å². The maximum absolute atomic E-state index is 13.5. The largest absolute Gasteiger partial charge is 0.456 e. The topological polar surface area (TPSA) is 92.8 Å². The highest BCUT2D eigenvalue weighted by Crippen LogP contribution is 2.17. The number of nitrogens with zero attached hydrogens (tertiary/aromatic N) is 1. The smallest absolute Gasteiger partial charge is 0.306 e. The molecule has 2 rings (SSSR count). The third-order valence-corrected chi connectivity index (χ3v) is 6.52. The molecule has 1 amide bonds. The van der Waals surface area contributed by atoms with Gasteiger partial charge in [0.2, 0.25) is 10.0 Å². The van der Waals surface area contributed by atoms with Crippen molar-refractivity contribution in [1.82, 2.24) is 4.31 Å². The Morgan fingerprint density at radius 2 is 1.68 bits per heavy atom. The summed E-state index contributed by atoms with van der Waals surface area (Å²) in [6.07, 6.45) is 0.244. The summed E-state index contributed by atoms with van der Waals surface area (Å²) >= 11 is 0. The number of amides is 1. The van der Waals surface area contributed by atoms with Crippen LogP contribution in [0.15, 0.2) is 47.4 Å². The highest BCUT2D eigenvalue weighted by Gasteiger charge is 2.21. The molecule has 0 atom stereocenters. The maximum Gasteiger partial charge on any atom is 0.306 e. The third-order valence-electron chi connectivity index (χ3n) is 4.45. The first kappa shape index (κ1) is 24.4. The Labute approximate surface area is 180 Å². The number of anilines is 1. The fourth-order valence-corrected chi connectivity index (χ4v) is 4.24. The Morgan fingerprint density at radius 1 is 1.03 bits per heavy atom. The second kappa shape index (κ2) is 11.0. The van der Waals surface area contributed by atoms with Crippen LogP contribution in [-0.2, 0) is 30.8 Å². The summed E-state index contributed by atoms with van der Waals surface area (Å²) < 4.78 is 57.7. The average molecular weight is 454 g/mol. The predicted octanol–water partition coefficient (Wildman–Crippen LogP) is 3.11. The van der Waals surface area contributed by atoms with E-state index in [9.17, 15) is 26.8 Å². The first-order valence-electron chi connectivity index (χ1n) is 9.67. The van der Waals surface area contributed by atoms with Gasteiger partial charge in [-0.05, 0) is 36.2 Å². The lowest BCUT2D eigenvalue weighted by Crippen LogP contribution is -2.30. The van der Waals surface area contributed by atoms with Crippen LogP contribution >= 0.6 is 0 Å². The van der Waals surface area contributed by atoms with Crippen LogP contribution in [0.2, 0.25) is 0 Å². The Balaban J connectivity index is 1.83. The van der Waals surface area contributed by atoms with Gasteiger partial charge in [-0.3, -0.25) is 9.59 Å². The van der Waals surface area contributed by atoms with Gasteiger partial charge in [0, 0.05) is 25.6 Å². The Bertz CT molecular complexity index is 1020. The van der Waals surface area contributed by atoms with Crippen molar-refractivity contribution in [3.05, 3.63) is 59.7 Å². The molecular formula is C21H24F2N2O5S. The lowest BCUT2D eigenvalue weighted by atomic mass is 10.1. The van der Waals surface area contributed by atoms with Crippen molar-refractivity contribution in [3.63, 3.8) is 0 Å². The SMILES string of the molecule is CCN(CC)S(=O)(=O)c1ccc(CCC(=O)OCC(=O)Nc2cc(F)ccc2F)cc1. The molecule has 1 N–H and O–H groups in total. The summed E-state index contributed by atoms with van der Waals surface area (Å²) in [5, 5.41) is 2.13. The lowest BCUT2D eigenvalue weighted by molar-refractivity contribution is -0.147. The van der Waals surface area contributed by atoms with Crippen LogP contribution < -0.4 is 5.32 Å². The number of aryl methyl sites for hydroxylation is 1. The molecule has 0 aliphatic carbocycles. The molecule has 0 bridgehead atoms. The van der Waals surface area contributed by atoms with Crippen molar-refractivity contribution in [3.8, 4) is 0 Å². The van der Waals surface area contributed by atoms with Crippen LogP contribution in [0.3, 0.4) is 0 Å². The summed E-state index contributed by atoms with van der Waals surface area (Å²) in [5.41, 5.74) is 0.377. The normalized spacial score (nSPS) is 11.4. The first-order chi connectivity index (χ1) is 14.7. The number of ether oxygens (including phenoxy) is 1. The molecule has 0 aliphatic rings. The number of carbonyl (C=O) groups excluding carboxylic acids is 2. The maximum atomic E-state index is 13.5. The Morgan fingerprint density at radius 3 is 2.29 bits per heavy atom. The molecule has 0 aliphatic heterocycles. The van der Waals surface area contributed by atoms with E-state index in [0.717, 1.165) is 23.8 Å². The van der Waals surface area contributed by atoms with E-state index in [2.05, 4.69) is 5.32 Å². The molecule has 0 saturated carbocycles. The van der Waals surface area contributed by atoms with Gasteiger partial charge in [0.1, 0.15) is 11.6 Å². The van der Waals surface area contributed by atoms with E-state index >= 15 is 0 Å². The highest BCUT2D eigenvalue weighted by atomic mass is 32.2. The summed E-state index contributed by atoms with van der Waals surface area (Å²) in [6, 6.07) is 8.79. The fraction of sp³-hybridized carbons (Fsp3) is 0.333. The van der Waals surface area contributed by atoms with Gasteiger partial charge >= 0.3 is 5.97 Å². The number of carbonyl (C=O) groups is 2. The third kappa shape index (κ3) is 6.83. The molecule has 0 saturated heterocycles. The monoisotopic (exact) mass is 454 g/mol. The van der Waals surface area contributed by atoms with Gasteiger partial charge in [-0.2, -0.15) is 4.31 Å². The standard InChI is InChI=1S/C21H24F2N2O5S/c1-3-25(4-2)31(28,29)17-9-5-15(6-10-17)7-12-21(27)30-14-20(26)24-19-13-16(22)8-11-18(19)23/h5-6,8-11,13H,3-4,7,12,14H2,1-2H3,(H,24,26). The molecule has 0 unspecified atom stereocenters. The number of nitrogens with one attached hydrogen (secondary N) is 1. The molecule has 0 radical (unpaired) electrons. The molecule has 168 valence electrons. The van der Waals surface area contributed by atoms with Crippen LogP contribution in [0.1, 0.15) is 25.8 Å². The molecule has 10 heteroatoms. The van der Waals surface area contributed by atoms with Crippen molar-refractivity contribution in [2.45, 2.75) is 31.6 Å². The summed E-state index contributed by atoms with van der Waals surface area (Å²) in [4.78, 5) is 23.8. The van der Waals surface area contributed by atoms with Crippen molar-refractivity contribution < 1.29 is 31.5 Å². The van der Waals surface area contributed by atoms with E-state index in [1.165, 1.54) is 16.4 Å². The summed E-state index contributed by atoms with van der Waals surface area (Å²) in [7, 11) is -3.55. The molecule has 2 aromatic rings. The van der Waals surface area contributed by atoms with Crippen molar-refractivity contribution in [2.75, 3.05) is 25.0 Å². The van der Waals surface area contributed by atoms with Crippen molar-refractivity contribution >= 4 is 27.6 Å². The number of hydrogen-bond donors (Lipinski definition) is 1. The molecule has 0 fully saturated rings. The molecule has 0 spiro atoms. The lowest BCUT2D eigenvalue weighted by Gasteiger charge is -2.18. The average Bonchev–Trinajstić information content (AvgIpc) is 2.74. The number of halogens is 2. The minimum Gasteiger partial charge on any atom is -0.456 e. The second-order valence-corrected chi connectivity index (χ2v) is 8.50. The minimum atomic E-state index is -3.55. The van der Waals surface area contributed by atoms with Gasteiger partial charge in [0.05, 0.1) is 10.6 Å². The summed E-state index contributed by atoms with van der Waals surface area (Å²) in [6.45, 7) is 3.61. The van der Waals surface area contributed by atoms with E-state index < -0.39 is 40.1 Å². The molecular weight excluding hydrogens is 430 g/mol. The molecule has 2 aromatic carbocycles. The number of hydrogen-bond acceptors (Lipinski definition) is 5. The summed E-state index contributed by atoms with van der Waals surface area (Å²) in [5.74, 6) is -2.99. The van der Waals surface area contributed by atoms with Gasteiger partial charge in [0.25, 0.3) is 5.91 Å². The molecule has 31 heavy (non-hydrogen) atoms. The van der Waals surface area contributed by atoms with Gasteiger partial charge in [0.15, 0.2) is 6.61 Å². The van der Waals surface area contributed by atoms with Gasteiger partial charge in [-0.25, -0.2) is 17.2 Å². The van der Waals surface area contributed by atoms with E-state index in [1.54, 1.807) is 26.0 Å². The number of sulfonamides is 1.